The topological polar surface area (TPSA) is 255 Å². The largest absolute Gasteiger partial charge is 0.481 e. The first-order valence-corrected chi connectivity index (χ1v) is 24.5. The third-order valence-electron chi connectivity index (χ3n) is 9.64. The zero-order valence-electron chi connectivity index (χ0n) is 41.2. The van der Waals surface area contributed by atoms with Gasteiger partial charge >= 0.3 is 5.97 Å². The number of ether oxygens (including phenoxy) is 6. The SMILES string of the molecule is CC.CC(=O)COCCOCCNC(=O)COCCOCCNC(=O)COCCOCCNC(=O)C(C)NC(=O)C(C)NC(=O)CCCCCCCCCCCCCCCCCCC(=O)O. The standard InChI is InChI=1S/C45H83N5O14.C2H6/c1-37(51)34-62-31-28-59-25-22-46-41(53)35-63-32-29-60-26-23-47-42(54)36-64-33-30-61-27-24-48-44(57)38(2)50-45(58)39(3)49-40(52)20-18-16-14-12-10-8-6-4-5-7-9-11-13-15-17-19-21-43(55)56;1-2/h38-39H,4-36H2,1-3H3,(H,46,53)(H,47,54)(H,48,57)(H,49,52)(H,50,58)(H,55,56);1-2H3. The summed E-state index contributed by atoms with van der Waals surface area (Å²) >= 11 is 0. The minimum absolute atomic E-state index is 0.0527. The summed E-state index contributed by atoms with van der Waals surface area (Å²) in [4.78, 5) is 82.3. The molecule has 0 aliphatic carbocycles. The van der Waals surface area contributed by atoms with Gasteiger partial charge in [0, 0.05) is 32.5 Å². The molecule has 19 heteroatoms. The van der Waals surface area contributed by atoms with Gasteiger partial charge in [0.1, 0.15) is 31.9 Å². The smallest absolute Gasteiger partial charge is 0.303 e. The maximum absolute atomic E-state index is 12.6. The van der Waals surface area contributed by atoms with Crippen molar-refractivity contribution in [1.29, 1.82) is 0 Å². The Morgan fingerprint density at radius 3 is 1.12 bits per heavy atom. The number of hydrogen-bond donors (Lipinski definition) is 6. The third kappa shape index (κ3) is 48.2. The minimum Gasteiger partial charge on any atom is -0.481 e. The second kappa shape index (κ2) is 49.2. The highest BCUT2D eigenvalue weighted by Gasteiger charge is 2.20. The van der Waals surface area contributed by atoms with Crippen molar-refractivity contribution in [3.05, 3.63) is 0 Å². The number of hydrogen-bond acceptors (Lipinski definition) is 13. The van der Waals surface area contributed by atoms with Crippen molar-refractivity contribution >= 4 is 41.3 Å². The molecular formula is C47H89N5O14. The molecule has 0 fully saturated rings. The molecular weight excluding hydrogens is 859 g/mol. The lowest BCUT2D eigenvalue weighted by Crippen LogP contribution is -2.51. The molecule has 0 radical (unpaired) electrons. The second-order valence-corrected chi connectivity index (χ2v) is 15.8. The number of unbranched alkanes of at least 4 members (excludes halogenated alkanes) is 15. The fourth-order valence-corrected chi connectivity index (χ4v) is 6.05. The lowest BCUT2D eigenvalue weighted by atomic mass is 10.0. The Morgan fingerprint density at radius 1 is 0.394 bits per heavy atom. The van der Waals surface area contributed by atoms with Gasteiger partial charge in [-0.1, -0.05) is 104 Å². The number of rotatable bonds is 47. The first kappa shape index (κ1) is 64.3. The molecule has 2 atom stereocenters. The average Bonchev–Trinajstić information content (AvgIpc) is 3.28. The maximum Gasteiger partial charge on any atom is 0.303 e. The summed E-state index contributed by atoms with van der Waals surface area (Å²) < 4.78 is 31.7. The van der Waals surface area contributed by atoms with E-state index >= 15 is 0 Å². The zero-order valence-corrected chi connectivity index (χ0v) is 41.2. The molecule has 0 aliphatic heterocycles. The van der Waals surface area contributed by atoms with Crippen LogP contribution < -0.4 is 26.6 Å². The Labute approximate surface area is 395 Å². The fraction of sp³-hybridized carbons (Fsp3) is 0.851. The quantitative estimate of drug-likeness (QED) is 0.0469. The van der Waals surface area contributed by atoms with E-state index in [2.05, 4.69) is 26.6 Å². The van der Waals surface area contributed by atoms with E-state index < -0.39 is 24.0 Å². The molecule has 0 bridgehead atoms. The molecule has 0 spiro atoms. The molecule has 0 aromatic heterocycles. The molecule has 0 saturated carbocycles. The lowest BCUT2D eigenvalue weighted by Gasteiger charge is -2.18. The average molecular weight is 948 g/mol. The molecule has 0 saturated heterocycles. The molecule has 0 aromatic rings. The highest BCUT2D eigenvalue weighted by atomic mass is 16.5. The number of carboxylic acids is 1. The van der Waals surface area contributed by atoms with Crippen LogP contribution in [0.3, 0.4) is 0 Å². The van der Waals surface area contributed by atoms with Gasteiger partial charge in [-0.3, -0.25) is 33.6 Å². The lowest BCUT2D eigenvalue weighted by molar-refractivity contribution is -0.137. The van der Waals surface area contributed by atoms with E-state index in [-0.39, 0.29) is 108 Å². The normalized spacial score (nSPS) is 11.7. The van der Waals surface area contributed by atoms with Crippen LogP contribution in [0.5, 0.6) is 0 Å². The van der Waals surface area contributed by atoms with Gasteiger partial charge in [0.05, 0.1) is 59.5 Å². The number of amides is 5. The number of carboxylic acid groups (broad SMARTS) is 1. The molecule has 19 nitrogen and oxygen atoms in total. The van der Waals surface area contributed by atoms with Gasteiger partial charge in [0.25, 0.3) is 0 Å². The summed E-state index contributed by atoms with van der Waals surface area (Å²) in [5.74, 6) is -2.37. The van der Waals surface area contributed by atoms with Crippen LogP contribution in [-0.4, -0.2) is 157 Å². The van der Waals surface area contributed by atoms with Crippen LogP contribution >= 0.6 is 0 Å². The second-order valence-electron chi connectivity index (χ2n) is 15.8. The summed E-state index contributed by atoms with van der Waals surface area (Å²) in [7, 11) is 0. The number of carbonyl (C=O) groups excluding carboxylic acids is 6. The molecule has 0 heterocycles. The predicted octanol–water partition coefficient (Wildman–Crippen LogP) is 4.17. The van der Waals surface area contributed by atoms with Crippen molar-refractivity contribution in [2.75, 3.05) is 98.9 Å². The van der Waals surface area contributed by atoms with E-state index in [1.807, 2.05) is 13.8 Å². The van der Waals surface area contributed by atoms with Crippen molar-refractivity contribution in [2.24, 2.45) is 0 Å². The number of ketones is 1. The third-order valence-corrected chi connectivity index (χ3v) is 9.64. The fourth-order valence-electron chi connectivity index (χ4n) is 6.05. The van der Waals surface area contributed by atoms with Crippen molar-refractivity contribution in [1.82, 2.24) is 26.6 Å². The van der Waals surface area contributed by atoms with Crippen LogP contribution in [0.1, 0.15) is 150 Å². The van der Waals surface area contributed by atoms with E-state index in [0.717, 1.165) is 44.9 Å². The van der Waals surface area contributed by atoms with Crippen molar-refractivity contribution in [2.45, 2.75) is 162 Å². The van der Waals surface area contributed by atoms with Crippen molar-refractivity contribution in [3.8, 4) is 0 Å². The van der Waals surface area contributed by atoms with Gasteiger partial charge in [0.2, 0.25) is 29.5 Å². The molecule has 0 rings (SSSR count). The van der Waals surface area contributed by atoms with E-state index in [0.29, 0.717) is 32.8 Å². The Bertz CT molecular complexity index is 1250. The monoisotopic (exact) mass is 948 g/mol. The van der Waals surface area contributed by atoms with Crippen molar-refractivity contribution in [3.63, 3.8) is 0 Å². The van der Waals surface area contributed by atoms with Crippen molar-refractivity contribution < 1.29 is 67.1 Å². The Hall–Kier alpha value is -3.75. The van der Waals surface area contributed by atoms with E-state index in [9.17, 15) is 33.6 Å². The molecule has 66 heavy (non-hydrogen) atoms. The van der Waals surface area contributed by atoms with Crippen LogP contribution in [0.15, 0.2) is 0 Å². The highest BCUT2D eigenvalue weighted by molar-refractivity contribution is 5.91. The van der Waals surface area contributed by atoms with Gasteiger partial charge < -0.3 is 60.1 Å². The molecule has 5 amide bonds. The van der Waals surface area contributed by atoms with Gasteiger partial charge in [-0.25, -0.2) is 0 Å². The Kier molecular flexibility index (Phi) is 47.9. The van der Waals surface area contributed by atoms with E-state index in [4.69, 9.17) is 33.5 Å². The first-order valence-electron chi connectivity index (χ1n) is 24.5. The van der Waals surface area contributed by atoms with Gasteiger partial charge in [-0.2, -0.15) is 0 Å². The van der Waals surface area contributed by atoms with Gasteiger partial charge in [0.15, 0.2) is 5.78 Å². The molecule has 6 N–H and O–H groups in total. The van der Waals surface area contributed by atoms with E-state index in [1.54, 1.807) is 13.8 Å². The molecule has 2 unspecified atom stereocenters. The summed E-state index contributed by atoms with van der Waals surface area (Å²) in [6, 6.07) is -1.58. The summed E-state index contributed by atoms with van der Waals surface area (Å²) in [6.07, 6.45) is 18.9. The van der Waals surface area contributed by atoms with Gasteiger partial charge in [-0.15, -0.1) is 0 Å². The summed E-state index contributed by atoms with van der Waals surface area (Å²) in [5, 5.41) is 22.0. The Balaban J connectivity index is 0. The minimum atomic E-state index is -0.805. The van der Waals surface area contributed by atoms with Crippen LogP contribution in [0.4, 0.5) is 0 Å². The van der Waals surface area contributed by atoms with Crippen LogP contribution in [0.25, 0.3) is 0 Å². The molecule has 0 aromatic carbocycles. The first-order chi connectivity index (χ1) is 31.9. The van der Waals surface area contributed by atoms with Gasteiger partial charge in [-0.05, 0) is 33.6 Å². The number of aliphatic carboxylic acids is 1. The predicted molar refractivity (Wildman–Crippen MR) is 252 cm³/mol. The van der Waals surface area contributed by atoms with Crippen LogP contribution in [0, 0.1) is 0 Å². The van der Waals surface area contributed by atoms with Crippen LogP contribution in [-0.2, 0) is 62.0 Å². The zero-order chi connectivity index (χ0) is 49.3. The highest BCUT2D eigenvalue weighted by Crippen LogP contribution is 2.14. The Morgan fingerprint density at radius 2 is 0.727 bits per heavy atom. The van der Waals surface area contributed by atoms with Crippen LogP contribution in [0.2, 0.25) is 0 Å². The number of nitrogens with one attached hydrogen (secondary N) is 5. The molecule has 386 valence electrons. The summed E-state index contributed by atoms with van der Waals surface area (Å²) in [6.45, 7) is 11.5. The maximum atomic E-state index is 12.6. The molecule has 0 aliphatic rings. The number of carbonyl (C=O) groups is 7. The van der Waals surface area contributed by atoms with E-state index in [1.165, 1.54) is 64.7 Å². The number of Topliss-reactive ketones (excluding diaryl/α,β-unsaturated/α-hetero) is 1. The summed E-state index contributed by atoms with van der Waals surface area (Å²) in [5.41, 5.74) is 0.